The van der Waals surface area contributed by atoms with Gasteiger partial charge in [-0.1, -0.05) is 5.16 Å². The standard InChI is InChI=1S/C16H24N4O2/c1-4-21-8-6-15-10-19(9-14-5-7-17-20(14)15)11-16-12(2)18-22-13(16)3/h5,7,15H,4,6,8-11H2,1-3H3. The highest BCUT2D eigenvalue weighted by Gasteiger charge is 2.26. The van der Waals surface area contributed by atoms with Crippen molar-refractivity contribution in [2.24, 2.45) is 0 Å². The number of fused-ring (bicyclic) bond motifs is 1. The van der Waals surface area contributed by atoms with Crippen molar-refractivity contribution in [3.63, 3.8) is 0 Å². The van der Waals surface area contributed by atoms with E-state index in [4.69, 9.17) is 9.26 Å². The molecule has 0 amide bonds. The molecule has 0 saturated heterocycles. The van der Waals surface area contributed by atoms with Crippen LogP contribution >= 0.6 is 0 Å². The normalized spacial score (nSPS) is 18.6. The molecule has 2 aromatic rings. The Morgan fingerprint density at radius 2 is 2.27 bits per heavy atom. The van der Waals surface area contributed by atoms with E-state index in [2.05, 4.69) is 25.9 Å². The van der Waals surface area contributed by atoms with E-state index in [1.807, 2.05) is 27.0 Å². The summed E-state index contributed by atoms with van der Waals surface area (Å²) in [6, 6.07) is 2.47. The van der Waals surface area contributed by atoms with E-state index < -0.39 is 0 Å². The van der Waals surface area contributed by atoms with Crippen LogP contribution in [0.1, 0.15) is 42.1 Å². The number of hydrogen-bond donors (Lipinski definition) is 0. The topological polar surface area (TPSA) is 56.3 Å². The van der Waals surface area contributed by atoms with E-state index in [9.17, 15) is 0 Å². The Bertz CT molecular complexity index is 600. The van der Waals surface area contributed by atoms with Gasteiger partial charge in [-0.2, -0.15) is 5.10 Å². The first kappa shape index (κ1) is 15.2. The van der Waals surface area contributed by atoms with Gasteiger partial charge in [0.25, 0.3) is 0 Å². The molecule has 22 heavy (non-hydrogen) atoms. The molecule has 3 rings (SSSR count). The van der Waals surface area contributed by atoms with Crippen LogP contribution in [0.25, 0.3) is 0 Å². The maximum absolute atomic E-state index is 5.52. The Morgan fingerprint density at radius 1 is 1.41 bits per heavy atom. The molecule has 6 heteroatoms. The van der Waals surface area contributed by atoms with Gasteiger partial charge in [0.15, 0.2) is 0 Å². The molecule has 0 N–H and O–H groups in total. The number of rotatable bonds is 6. The molecule has 3 heterocycles. The summed E-state index contributed by atoms with van der Waals surface area (Å²) in [7, 11) is 0. The molecule has 1 aliphatic rings. The van der Waals surface area contributed by atoms with Crippen molar-refractivity contribution < 1.29 is 9.26 Å². The Morgan fingerprint density at radius 3 is 3.00 bits per heavy atom. The van der Waals surface area contributed by atoms with Gasteiger partial charge in [0.05, 0.1) is 17.4 Å². The monoisotopic (exact) mass is 304 g/mol. The van der Waals surface area contributed by atoms with Crippen LogP contribution in [0, 0.1) is 13.8 Å². The zero-order chi connectivity index (χ0) is 15.5. The van der Waals surface area contributed by atoms with Crippen molar-refractivity contribution in [2.45, 2.75) is 46.3 Å². The van der Waals surface area contributed by atoms with Gasteiger partial charge in [-0.25, -0.2) is 0 Å². The molecule has 0 radical (unpaired) electrons. The minimum absolute atomic E-state index is 0.366. The number of nitrogens with zero attached hydrogens (tertiary/aromatic N) is 4. The second-order valence-corrected chi connectivity index (χ2v) is 5.88. The number of aromatic nitrogens is 3. The van der Waals surface area contributed by atoms with Crippen LogP contribution in [-0.2, 0) is 17.8 Å². The molecule has 1 aliphatic heterocycles. The zero-order valence-electron chi connectivity index (χ0n) is 13.6. The molecular formula is C16H24N4O2. The molecule has 0 aliphatic carbocycles. The van der Waals surface area contributed by atoms with Gasteiger partial charge in [0.1, 0.15) is 5.76 Å². The largest absolute Gasteiger partial charge is 0.382 e. The van der Waals surface area contributed by atoms with Crippen LogP contribution in [0.2, 0.25) is 0 Å². The summed E-state index contributed by atoms with van der Waals surface area (Å²) in [6.45, 7) is 10.3. The highest BCUT2D eigenvalue weighted by atomic mass is 16.5. The summed E-state index contributed by atoms with van der Waals surface area (Å²) in [6.07, 6.45) is 2.88. The first-order chi connectivity index (χ1) is 10.7. The summed E-state index contributed by atoms with van der Waals surface area (Å²) in [4.78, 5) is 2.44. The minimum atomic E-state index is 0.366. The van der Waals surface area contributed by atoms with Gasteiger partial charge in [-0.3, -0.25) is 9.58 Å². The lowest BCUT2D eigenvalue weighted by molar-refractivity contribution is 0.103. The van der Waals surface area contributed by atoms with Crippen molar-refractivity contribution in [1.29, 1.82) is 0 Å². The van der Waals surface area contributed by atoms with E-state index >= 15 is 0 Å². The van der Waals surface area contributed by atoms with E-state index in [0.29, 0.717) is 6.04 Å². The number of hydrogen-bond acceptors (Lipinski definition) is 5. The second kappa shape index (κ2) is 6.62. The van der Waals surface area contributed by atoms with Gasteiger partial charge < -0.3 is 9.26 Å². The first-order valence-corrected chi connectivity index (χ1v) is 7.93. The Kier molecular flexibility index (Phi) is 4.59. The van der Waals surface area contributed by atoms with Crippen LogP contribution < -0.4 is 0 Å². The van der Waals surface area contributed by atoms with Crippen LogP contribution in [-0.4, -0.2) is 39.6 Å². The molecule has 0 spiro atoms. The molecule has 0 fully saturated rings. The van der Waals surface area contributed by atoms with Gasteiger partial charge >= 0.3 is 0 Å². The summed E-state index contributed by atoms with van der Waals surface area (Å²) >= 11 is 0. The average molecular weight is 304 g/mol. The maximum atomic E-state index is 5.52. The molecule has 6 nitrogen and oxygen atoms in total. The van der Waals surface area contributed by atoms with Crippen LogP contribution in [0.3, 0.4) is 0 Å². The molecule has 0 saturated carbocycles. The predicted molar refractivity (Wildman–Crippen MR) is 82.5 cm³/mol. The van der Waals surface area contributed by atoms with Crippen LogP contribution in [0.15, 0.2) is 16.8 Å². The Balaban J connectivity index is 1.72. The van der Waals surface area contributed by atoms with E-state index in [1.165, 1.54) is 11.3 Å². The lowest BCUT2D eigenvalue weighted by Crippen LogP contribution is -2.37. The first-order valence-electron chi connectivity index (χ1n) is 7.93. The van der Waals surface area contributed by atoms with Crippen molar-refractivity contribution in [3.05, 3.63) is 35.0 Å². The summed E-state index contributed by atoms with van der Waals surface area (Å²) in [5.74, 6) is 0.919. The van der Waals surface area contributed by atoms with Gasteiger partial charge in [-0.15, -0.1) is 0 Å². The van der Waals surface area contributed by atoms with Crippen LogP contribution in [0.4, 0.5) is 0 Å². The summed E-state index contributed by atoms with van der Waals surface area (Å²) < 4.78 is 13.0. The lowest BCUT2D eigenvalue weighted by atomic mass is 10.1. The third-order valence-electron chi connectivity index (χ3n) is 4.32. The number of ether oxygens (including phenoxy) is 1. The third kappa shape index (κ3) is 3.08. The predicted octanol–water partition coefficient (Wildman–Crippen LogP) is 2.47. The Labute approximate surface area is 131 Å². The fourth-order valence-electron chi connectivity index (χ4n) is 3.11. The van der Waals surface area contributed by atoms with Crippen molar-refractivity contribution >= 4 is 0 Å². The fraction of sp³-hybridized carbons (Fsp3) is 0.625. The van der Waals surface area contributed by atoms with Gasteiger partial charge in [0.2, 0.25) is 0 Å². The van der Waals surface area contributed by atoms with E-state index in [0.717, 1.165) is 50.7 Å². The smallest absolute Gasteiger partial charge is 0.138 e. The Hall–Kier alpha value is -1.66. The molecule has 120 valence electrons. The SMILES string of the molecule is CCOCCC1CN(Cc2c(C)noc2C)Cc2ccnn21. The highest BCUT2D eigenvalue weighted by Crippen LogP contribution is 2.25. The van der Waals surface area contributed by atoms with E-state index in [-0.39, 0.29) is 0 Å². The van der Waals surface area contributed by atoms with Gasteiger partial charge in [-0.05, 0) is 33.3 Å². The van der Waals surface area contributed by atoms with Crippen molar-refractivity contribution in [3.8, 4) is 0 Å². The minimum Gasteiger partial charge on any atom is -0.382 e. The molecule has 2 aromatic heterocycles. The molecular weight excluding hydrogens is 280 g/mol. The summed E-state index contributed by atoms with van der Waals surface area (Å²) in [5, 5.41) is 8.54. The van der Waals surface area contributed by atoms with Crippen molar-refractivity contribution in [2.75, 3.05) is 19.8 Å². The molecule has 1 unspecified atom stereocenters. The lowest BCUT2D eigenvalue weighted by Gasteiger charge is -2.33. The maximum Gasteiger partial charge on any atom is 0.138 e. The fourth-order valence-corrected chi connectivity index (χ4v) is 3.11. The quantitative estimate of drug-likeness (QED) is 0.767. The second-order valence-electron chi connectivity index (χ2n) is 5.88. The zero-order valence-corrected chi connectivity index (χ0v) is 13.6. The average Bonchev–Trinajstić information content (AvgIpc) is 3.09. The third-order valence-corrected chi connectivity index (χ3v) is 4.32. The summed E-state index contributed by atoms with van der Waals surface area (Å²) in [5.41, 5.74) is 3.46. The molecule has 0 bridgehead atoms. The van der Waals surface area contributed by atoms with Crippen molar-refractivity contribution in [1.82, 2.24) is 19.8 Å². The van der Waals surface area contributed by atoms with Gasteiger partial charge in [0, 0.05) is 44.6 Å². The molecule has 0 aromatic carbocycles. The number of aryl methyl sites for hydroxylation is 2. The van der Waals surface area contributed by atoms with E-state index in [1.54, 1.807) is 0 Å². The van der Waals surface area contributed by atoms with Crippen LogP contribution in [0.5, 0.6) is 0 Å². The highest BCUT2D eigenvalue weighted by molar-refractivity contribution is 5.21. The molecule has 1 atom stereocenters.